The zero-order valence-corrected chi connectivity index (χ0v) is 19.0. The lowest BCUT2D eigenvalue weighted by Gasteiger charge is -2.31. The van der Waals surface area contributed by atoms with Crippen LogP contribution in [0.5, 0.6) is 5.75 Å². The molecular formula is C22H20Cl2N5O3+. The molecule has 0 aromatic heterocycles. The summed E-state index contributed by atoms with van der Waals surface area (Å²) in [6.07, 6.45) is 0. The first-order valence-electron chi connectivity index (χ1n) is 10.1. The van der Waals surface area contributed by atoms with Gasteiger partial charge in [0.1, 0.15) is 24.6 Å². The minimum atomic E-state index is -0.575. The summed E-state index contributed by atoms with van der Waals surface area (Å²) in [6, 6.07) is 12.0. The highest BCUT2D eigenvalue weighted by Gasteiger charge is 2.54. The summed E-state index contributed by atoms with van der Waals surface area (Å²) in [4.78, 5) is 34.3. The standard InChI is InChI=1S/C22H20Cl2N5O3/c1-26-19-18(20(30)27(2)22(26)31)29-9-8-28(21(29)25-19)15-4-3-5-16(11-15)32-12-13-6-7-14(23)10-17(13)24/h3-7,10-11,18H,8-9,12H2,1-2H3/q+1. The van der Waals surface area contributed by atoms with Crippen LogP contribution in [-0.2, 0) is 11.4 Å². The predicted octanol–water partition coefficient (Wildman–Crippen LogP) is 3.07. The summed E-state index contributed by atoms with van der Waals surface area (Å²) in [5.74, 6) is 1.54. The number of carbonyl (C=O) groups excluding carboxylic acids is 2. The smallest absolute Gasteiger partial charge is 0.397 e. The maximum Gasteiger partial charge on any atom is 0.397 e. The zero-order chi connectivity index (χ0) is 22.6. The highest BCUT2D eigenvalue weighted by molar-refractivity contribution is 6.35. The van der Waals surface area contributed by atoms with E-state index in [-0.39, 0.29) is 11.9 Å². The first-order valence-corrected chi connectivity index (χ1v) is 10.8. The normalized spacial score (nSPS) is 20.1. The molecule has 5 rings (SSSR count). The molecule has 8 nitrogen and oxygen atoms in total. The van der Waals surface area contributed by atoms with Gasteiger partial charge in [0.25, 0.3) is 5.91 Å². The van der Waals surface area contributed by atoms with Crippen molar-refractivity contribution in [3.8, 4) is 5.75 Å². The number of imide groups is 1. The second-order valence-corrected chi connectivity index (χ2v) is 8.62. The van der Waals surface area contributed by atoms with E-state index in [1.807, 2.05) is 39.8 Å². The summed E-state index contributed by atoms with van der Waals surface area (Å²) in [7, 11) is 3.14. The van der Waals surface area contributed by atoms with Gasteiger partial charge in [0, 0.05) is 35.8 Å². The van der Waals surface area contributed by atoms with Crippen molar-refractivity contribution in [2.24, 2.45) is 4.99 Å². The quantitative estimate of drug-likeness (QED) is 0.641. The van der Waals surface area contributed by atoms with Crippen LogP contribution < -0.4 is 9.64 Å². The first kappa shape index (κ1) is 20.8. The lowest BCUT2D eigenvalue weighted by atomic mass is 10.1. The van der Waals surface area contributed by atoms with Crippen LogP contribution in [0.25, 0.3) is 0 Å². The summed E-state index contributed by atoms with van der Waals surface area (Å²) in [5.41, 5.74) is 1.73. The molecule has 2 aromatic carbocycles. The van der Waals surface area contributed by atoms with Crippen LogP contribution in [0.3, 0.4) is 0 Å². The number of amidine groups is 1. The molecule has 0 spiro atoms. The van der Waals surface area contributed by atoms with E-state index in [4.69, 9.17) is 27.9 Å². The molecule has 32 heavy (non-hydrogen) atoms. The fourth-order valence-electron chi connectivity index (χ4n) is 4.12. The molecule has 0 aliphatic carbocycles. The van der Waals surface area contributed by atoms with Gasteiger partial charge in [-0.05, 0) is 24.3 Å². The predicted molar refractivity (Wildman–Crippen MR) is 122 cm³/mol. The third kappa shape index (κ3) is 3.30. The van der Waals surface area contributed by atoms with Gasteiger partial charge in [-0.1, -0.05) is 40.3 Å². The van der Waals surface area contributed by atoms with Crippen LogP contribution >= 0.6 is 23.2 Å². The van der Waals surface area contributed by atoms with Crippen LogP contribution in [0.15, 0.2) is 47.5 Å². The molecule has 0 saturated carbocycles. The first-order chi connectivity index (χ1) is 15.3. The minimum absolute atomic E-state index is 0.263. The van der Waals surface area contributed by atoms with Crippen molar-refractivity contribution < 1.29 is 18.9 Å². The third-order valence-corrected chi connectivity index (χ3v) is 6.44. The summed E-state index contributed by atoms with van der Waals surface area (Å²) < 4.78 is 7.90. The van der Waals surface area contributed by atoms with E-state index >= 15 is 0 Å². The SMILES string of the molecule is CN1C(=O)C2C(=NC3=[N+]2CCN3c2cccc(OCc3ccc(Cl)cc3Cl)c2)N(C)C1=O. The summed E-state index contributed by atoms with van der Waals surface area (Å²) in [5, 5.41) is 1.13. The van der Waals surface area contributed by atoms with Crippen molar-refractivity contribution in [1.29, 1.82) is 0 Å². The largest absolute Gasteiger partial charge is 0.489 e. The van der Waals surface area contributed by atoms with Gasteiger partial charge >= 0.3 is 12.0 Å². The number of aliphatic imine (C=N–C) groups is 1. The molecule has 1 saturated heterocycles. The molecule has 1 atom stereocenters. The number of fused-ring (bicyclic) bond motifs is 2. The van der Waals surface area contributed by atoms with E-state index < -0.39 is 6.04 Å². The Bertz CT molecular complexity index is 1210. The van der Waals surface area contributed by atoms with Crippen molar-refractivity contribution in [3.63, 3.8) is 0 Å². The molecule has 3 aliphatic rings. The van der Waals surface area contributed by atoms with Gasteiger partial charge in [0.2, 0.25) is 11.9 Å². The number of anilines is 1. The molecule has 10 heteroatoms. The van der Waals surface area contributed by atoms with E-state index in [9.17, 15) is 9.59 Å². The van der Waals surface area contributed by atoms with E-state index in [0.29, 0.717) is 47.3 Å². The number of urea groups is 1. The van der Waals surface area contributed by atoms with E-state index in [2.05, 4.69) is 4.99 Å². The van der Waals surface area contributed by atoms with Gasteiger partial charge in [0.15, 0.2) is 0 Å². The minimum Gasteiger partial charge on any atom is -0.489 e. The van der Waals surface area contributed by atoms with E-state index in [1.165, 1.54) is 11.9 Å². The second kappa shape index (κ2) is 7.79. The van der Waals surface area contributed by atoms with E-state index in [1.54, 1.807) is 19.2 Å². The Labute approximate surface area is 194 Å². The average Bonchev–Trinajstić information content (AvgIpc) is 3.35. The molecule has 164 valence electrons. The molecule has 3 aliphatic heterocycles. The number of ether oxygens (including phenoxy) is 1. The van der Waals surface area contributed by atoms with Gasteiger partial charge in [-0.25, -0.2) is 14.3 Å². The Morgan fingerprint density at radius 2 is 1.94 bits per heavy atom. The molecular weight excluding hydrogens is 453 g/mol. The molecule has 3 amide bonds. The third-order valence-electron chi connectivity index (χ3n) is 5.85. The summed E-state index contributed by atoms with van der Waals surface area (Å²) in [6.45, 7) is 1.60. The number of likely N-dealkylation sites (N-methyl/N-ethyl adjacent to an activating group) is 2. The van der Waals surface area contributed by atoms with E-state index in [0.717, 1.165) is 16.2 Å². The van der Waals surface area contributed by atoms with Crippen molar-refractivity contribution in [1.82, 2.24) is 9.80 Å². The Morgan fingerprint density at radius 1 is 1.12 bits per heavy atom. The highest BCUT2D eigenvalue weighted by Crippen LogP contribution is 2.29. The summed E-state index contributed by atoms with van der Waals surface area (Å²) >= 11 is 12.2. The Morgan fingerprint density at radius 3 is 2.72 bits per heavy atom. The number of amides is 3. The average molecular weight is 473 g/mol. The van der Waals surface area contributed by atoms with Crippen LogP contribution in [0, 0.1) is 0 Å². The molecule has 3 heterocycles. The zero-order valence-electron chi connectivity index (χ0n) is 17.5. The topological polar surface area (TPSA) is 68.5 Å². The number of nitrogens with zero attached hydrogens (tertiary/aromatic N) is 5. The lowest BCUT2D eigenvalue weighted by molar-refractivity contribution is -0.525. The van der Waals surface area contributed by atoms with Gasteiger partial charge in [-0.15, -0.1) is 0 Å². The number of hydrogen-bond acceptors (Lipinski definition) is 5. The number of rotatable bonds is 4. The van der Waals surface area contributed by atoms with Crippen molar-refractivity contribution in [3.05, 3.63) is 58.1 Å². The second-order valence-electron chi connectivity index (χ2n) is 7.78. The molecule has 0 N–H and O–H groups in total. The van der Waals surface area contributed by atoms with Crippen LogP contribution in [-0.4, -0.2) is 71.3 Å². The van der Waals surface area contributed by atoms with Crippen molar-refractivity contribution in [2.45, 2.75) is 12.6 Å². The van der Waals surface area contributed by atoms with Crippen LogP contribution in [0.1, 0.15) is 5.56 Å². The number of guanidine groups is 1. The highest BCUT2D eigenvalue weighted by atomic mass is 35.5. The molecule has 1 unspecified atom stereocenters. The Hall–Kier alpha value is -3.10. The van der Waals surface area contributed by atoms with Gasteiger partial charge < -0.3 is 4.74 Å². The number of hydrogen-bond donors (Lipinski definition) is 0. The lowest BCUT2D eigenvalue weighted by Crippen LogP contribution is -2.61. The van der Waals surface area contributed by atoms with Crippen molar-refractivity contribution >= 4 is 52.6 Å². The number of benzene rings is 2. The van der Waals surface area contributed by atoms with Crippen LogP contribution in [0.2, 0.25) is 10.0 Å². The molecule has 0 bridgehead atoms. The Kier molecular flexibility index (Phi) is 5.06. The molecule has 2 aromatic rings. The van der Waals surface area contributed by atoms with Crippen molar-refractivity contribution in [2.75, 3.05) is 32.1 Å². The van der Waals surface area contributed by atoms with Crippen LogP contribution in [0.4, 0.5) is 10.5 Å². The fraction of sp³-hybridized carbons (Fsp3) is 0.273. The molecule has 0 radical (unpaired) electrons. The number of carbonyl (C=O) groups is 2. The Balaban J connectivity index is 1.39. The fourth-order valence-corrected chi connectivity index (χ4v) is 4.59. The molecule has 1 fully saturated rings. The maximum atomic E-state index is 12.8. The van der Waals surface area contributed by atoms with Gasteiger partial charge in [0.05, 0.1) is 6.54 Å². The number of halogens is 2. The monoisotopic (exact) mass is 472 g/mol. The maximum absolute atomic E-state index is 12.8. The van der Waals surface area contributed by atoms with Gasteiger partial charge in [-0.2, -0.15) is 0 Å². The van der Waals surface area contributed by atoms with Gasteiger partial charge in [-0.3, -0.25) is 14.6 Å².